The molecule has 6 nitrogen and oxygen atoms in total. The lowest BCUT2D eigenvalue weighted by atomic mass is 9.96. The molecule has 2 aromatic carbocycles. The first-order valence-corrected chi connectivity index (χ1v) is 13.7. The number of nitrogens with zero attached hydrogens (tertiary/aromatic N) is 2. The Labute approximate surface area is 198 Å². The summed E-state index contributed by atoms with van der Waals surface area (Å²) >= 11 is 0. The molecule has 0 aromatic heterocycles. The number of piperidine rings is 1. The van der Waals surface area contributed by atoms with E-state index in [-0.39, 0.29) is 22.9 Å². The zero-order valence-corrected chi connectivity index (χ0v) is 20.8. The molecule has 1 fully saturated rings. The van der Waals surface area contributed by atoms with E-state index in [1.807, 2.05) is 30.0 Å². The highest BCUT2D eigenvalue weighted by atomic mass is 32.2. The maximum absolute atomic E-state index is 13.0. The van der Waals surface area contributed by atoms with E-state index in [9.17, 15) is 13.2 Å². The molecule has 1 aliphatic heterocycles. The fourth-order valence-corrected chi connectivity index (χ4v) is 5.39. The van der Waals surface area contributed by atoms with Gasteiger partial charge in [-0.05, 0) is 56.4 Å². The molecule has 1 saturated heterocycles. The van der Waals surface area contributed by atoms with Crippen LogP contribution in [0.2, 0.25) is 0 Å². The molecule has 7 heteroatoms. The minimum Gasteiger partial charge on any atom is -0.340 e. The summed E-state index contributed by atoms with van der Waals surface area (Å²) in [6, 6.07) is 17.5. The van der Waals surface area contributed by atoms with Gasteiger partial charge in [-0.1, -0.05) is 42.5 Å². The Bertz CT molecular complexity index is 1000. The number of hydrogen-bond acceptors (Lipinski definition) is 5. The maximum Gasteiger partial charge on any atom is 0.227 e. The van der Waals surface area contributed by atoms with Gasteiger partial charge in [0.1, 0.15) is 0 Å². The standard InChI is InChI=1S/C26H37N3O3S/c1-4-29(26(30)19-21-10-12-24(13-11-21)33(3,31)32)23-14-16-28(17-15-23)20(2)18-25(27)22-8-6-5-7-9-22/h5-13,20,23,25H,4,14-19,27H2,1-3H3. The number of hydrogen-bond donors (Lipinski definition) is 1. The first kappa shape index (κ1) is 25.4. The Morgan fingerprint density at radius 2 is 1.70 bits per heavy atom. The second-order valence-electron chi connectivity index (χ2n) is 9.14. The van der Waals surface area contributed by atoms with Gasteiger partial charge in [0.25, 0.3) is 0 Å². The summed E-state index contributed by atoms with van der Waals surface area (Å²) in [5.41, 5.74) is 8.45. The Morgan fingerprint density at radius 3 is 2.24 bits per heavy atom. The molecule has 1 aliphatic rings. The smallest absolute Gasteiger partial charge is 0.227 e. The molecule has 180 valence electrons. The topological polar surface area (TPSA) is 83.7 Å². The molecule has 2 atom stereocenters. The molecule has 1 amide bonds. The largest absolute Gasteiger partial charge is 0.340 e. The van der Waals surface area contributed by atoms with E-state index in [0.717, 1.165) is 37.9 Å². The van der Waals surface area contributed by atoms with Crippen LogP contribution in [0, 0.1) is 0 Å². The lowest BCUT2D eigenvalue weighted by Gasteiger charge is -2.41. The van der Waals surface area contributed by atoms with Crippen molar-refractivity contribution in [3.63, 3.8) is 0 Å². The van der Waals surface area contributed by atoms with Crippen LogP contribution in [0.1, 0.15) is 50.3 Å². The molecule has 0 aliphatic carbocycles. The van der Waals surface area contributed by atoms with E-state index in [1.165, 1.54) is 11.8 Å². The predicted molar refractivity (Wildman–Crippen MR) is 133 cm³/mol. The van der Waals surface area contributed by atoms with Crippen molar-refractivity contribution < 1.29 is 13.2 Å². The van der Waals surface area contributed by atoms with Crippen molar-refractivity contribution >= 4 is 15.7 Å². The SMILES string of the molecule is CCN(C(=O)Cc1ccc(S(C)(=O)=O)cc1)C1CCN(C(C)CC(N)c2ccccc2)CC1. The molecule has 2 N–H and O–H groups in total. The quantitative estimate of drug-likeness (QED) is 0.606. The zero-order chi connectivity index (χ0) is 24.0. The monoisotopic (exact) mass is 471 g/mol. The minimum atomic E-state index is -3.23. The van der Waals surface area contributed by atoms with Crippen molar-refractivity contribution in [3.8, 4) is 0 Å². The summed E-state index contributed by atoms with van der Waals surface area (Å²) in [6.45, 7) is 6.87. The van der Waals surface area contributed by atoms with Gasteiger partial charge in [-0.15, -0.1) is 0 Å². The van der Waals surface area contributed by atoms with Crippen LogP contribution in [0.5, 0.6) is 0 Å². The second-order valence-corrected chi connectivity index (χ2v) is 11.2. The normalized spacial score (nSPS) is 17.5. The van der Waals surface area contributed by atoms with Crippen LogP contribution in [0.15, 0.2) is 59.5 Å². The van der Waals surface area contributed by atoms with Crippen LogP contribution in [0.4, 0.5) is 0 Å². The zero-order valence-electron chi connectivity index (χ0n) is 20.0. The predicted octanol–water partition coefficient (Wildman–Crippen LogP) is 3.42. The molecule has 33 heavy (non-hydrogen) atoms. The molecule has 1 heterocycles. The van der Waals surface area contributed by atoms with Gasteiger partial charge >= 0.3 is 0 Å². The van der Waals surface area contributed by atoms with E-state index >= 15 is 0 Å². The van der Waals surface area contributed by atoms with Crippen molar-refractivity contribution in [3.05, 3.63) is 65.7 Å². The first-order chi connectivity index (χ1) is 15.7. The summed E-state index contributed by atoms with van der Waals surface area (Å²) in [5.74, 6) is 0.0993. The number of amides is 1. The number of likely N-dealkylation sites (N-methyl/N-ethyl adjacent to an activating group) is 1. The molecule has 2 aromatic rings. The average Bonchev–Trinajstić information content (AvgIpc) is 2.80. The Kier molecular flexibility index (Phi) is 8.68. The third-order valence-electron chi connectivity index (χ3n) is 6.75. The molecule has 0 spiro atoms. The van der Waals surface area contributed by atoms with Crippen molar-refractivity contribution in [2.45, 2.75) is 62.6 Å². The highest BCUT2D eigenvalue weighted by Crippen LogP contribution is 2.24. The van der Waals surface area contributed by atoms with E-state index < -0.39 is 9.84 Å². The number of rotatable bonds is 9. The summed E-state index contributed by atoms with van der Waals surface area (Å²) in [5, 5.41) is 0. The van der Waals surface area contributed by atoms with Gasteiger partial charge < -0.3 is 15.5 Å². The second kappa shape index (κ2) is 11.3. The highest BCUT2D eigenvalue weighted by Gasteiger charge is 2.29. The van der Waals surface area contributed by atoms with Gasteiger partial charge in [0.15, 0.2) is 9.84 Å². The average molecular weight is 472 g/mol. The lowest BCUT2D eigenvalue weighted by molar-refractivity contribution is -0.133. The van der Waals surface area contributed by atoms with Gasteiger partial charge in [-0.3, -0.25) is 4.79 Å². The van der Waals surface area contributed by atoms with E-state index in [0.29, 0.717) is 19.0 Å². The van der Waals surface area contributed by atoms with E-state index in [2.05, 4.69) is 24.0 Å². The molecule has 3 rings (SSSR count). The van der Waals surface area contributed by atoms with Gasteiger partial charge in [0.05, 0.1) is 11.3 Å². The first-order valence-electron chi connectivity index (χ1n) is 11.8. The number of carbonyl (C=O) groups excluding carboxylic acids is 1. The molecular formula is C26H37N3O3S. The van der Waals surface area contributed by atoms with Crippen LogP contribution in [0.3, 0.4) is 0 Å². The summed E-state index contributed by atoms with van der Waals surface area (Å²) < 4.78 is 23.3. The Balaban J connectivity index is 1.52. The number of carbonyl (C=O) groups is 1. The van der Waals surface area contributed by atoms with E-state index in [4.69, 9.17) is 5.73 Å². The van der Waals surface area contributed by atoms with Crippen molar-refractivity contribution in [2.24, 2.45) is 5.73 Å². The van der Waals surface area contributed by atoms with Crippen molar-refractivity contribution in [1.29, 1.82) is 0 Å². The maximum atomic E-state index is 13.0. The van der Waals surface area contributed by atoms with Gasteiger partial charge in [-0.25, -0.2) is 8.42 Å². The van der Waals surface area contributed by atoms with Gasteiger partial charge in [0, 0.05) is 44.0 Å². The summed E-state index contributed by atoms with van der Waals surface area (Å²) in [4.78, 5) is 17.8. The van der Waals surface area contributed by atoms with Crippen molar-refractivity contribution in [1.82, 2.24) is 9.80 Å². The van der Waals surface area contributed by atoms with Crippen LogP contribution in [-0.2, 0) is 21.1 Å². The fourth-order valence-electron chi connectivity index (χ4n) is 4.76. The number of likely N-dealkylation sites (tertiary alicyclic amines) is 1. The van der Waals surface area contributed by atoms with Gasteiger partial charge in [-0.2, -0.15) is 0 Å². The molecule has 0 bridgehead atoms. The third-order valence-corrected chi connectivity index (χ3v) is 7.88. The lowest BCUT2D eigenvalue weighted by Crippen LogP contribution is -2.50. The summed E-state index contributed by atoms with van der Waals surface area (Å²) in [7, 11) is -3.23. The molecular weight excluding hydrogens is 434 g/mol. The van der Waals surface area contributed by atoms with Crippen molar-refractivity contribution in [2.75, 3.05) is 25.9 Å². The number of nitrogens with two attached hydrogens (primary N) is 1. The fraction of sp³-hybridized carbons (Fsp3) is 0.500. The summed E-state index contributed by atoms with van der Waals surface area (Å²) in [6.07, 6.45) is 4.30. The van der Waals surface area contributed by atoms with Crippen LogP contribution in [0.25, 0.3) is 0 Å². The van der Waals surface area contributed by atoms with E-state index in [1.54, 1.807) is 24.3 Å². The molecule has 0 saturated carbocycles. The third kappa shape index (κ3) is 6.88. The molecule has 2 unspecified atom stereocenters. The molecule has 0 radical (unpaired) electrons. The number of benzene rings is 2. The number of sulfone groups is 1. The van der Waals surface area contributed by atoms with Crippen LogP contribution < -0.4 is 5.73 Å². The van der Waals surface area contributed by atoms with Crippen LogP contribution in [-0.4, -0.2) is 62.1 Å². The minimum absolute atomic E-state index is 0.0294. The van der Waals surface area contributed by atoms with Crippen LogP contribution >= 0.6 is 0 Å². The highest BCUT2D eigenvalue weighted by molar-refractivity contribution is 7.90. The Morgan fingerprint density at radius 1 is 1.09 bits per heavy atom. The van der Waals surface area contributed by atoms with Gasteiger partial charge in [0.2, 0.25) is 5.91 Å². The Hall–Kier alpha value is -2.22.